The molecule has 2 atom stereocenters. The van der Waals surface area contributed by atoms with E-state index in [-0.39, 0.29) is 0 Å². The summed E-state index contributed by atoms with van der Waals surface area (Å²) in [6.07, 6.45) is 6.06. The van der Waals surface area contributed by atoms with Crippen molar-refractivity contribution in [1.82, 2.24) is 15.1 Å². The molecule has 1 aliphatic carbocycles. The summed E-state index contributed by atoms with van der Waals surface area (Å²) in [6, 6.07) is 2.77. The van der Waals surface area contributed by atoms with Crippen LogP contribution in [0.5, 0.6) is 0 Å². The highest BCUT2D eigenvalue weighted by molar-refractivity contribution is 5.10. The van der Waals surface area contributed by atoms with E-state index >= 15 is 0 Å². The van der Waals surface area contributed by atoms with Crippen LogP contribution < -0.4 is 5.32 Å². The number of aromatic nitrogens is 2. The van der Waals surface area contributed by atoms with E-state index in [0.717, 1.165) is 12.5 Å². The monoisotopic (exact) mass is 221 g/mol. The summed E-state index contributed by atoms with van der Waals surface area (Å²) in [6.45, 7) is 5.56. The predicted molar refractivity (Wildman–Crippen MR) is 66.4 cm³/mol. The Kier molecular flexibility index (Phi) is 3.64. The highest BCUT2D eigenvalue weighted by Gasteiger charge is 2.29. The van der Waals surface area contributed by atoms with Crippen molar-refractivity contribution in [2.45, 2.75) is 45.1 Å². The number of rotatable bonds is 4. The van der Waals surface area contributed by atoms with Gasteiger partial charge in [-0.1, -0.05) is 20.3 Å². The summed E-state index contributed by atoms with van der Waals surface area (Å²) >= 11 is 0. The molecule has 1 aromatic heterocycles. The van der Waals surface area contributed by atoms with Gasteiger partial charge in [0.1, 0.15) is 0 Å². The maximum absolute atomic E-state index is 4.56. The molecule has 2 unspecified atom stereocenters. The third-order valence-electron chi connectivity index (χ3n) is 3.56. The number of hydrogen-bond acceptors (Lipinski definition) is 2. The second kappa shape index (κ2) is 5.00. The van der Waals surface area contributed by atoms with Crippen LogP contribution in [0.15, 0.2) is 12.3 Å². The molecule has 90 valence electrons. The van der Waals surface area contributed by atoms with Gasteiger partial charge in [0.2, 0.25) is 0 Å². The third kappa shape index (κ3) is 2.64. The van der Waals surface area contributed by atoms with Crippen LogP contribution in [0, 0.1) is 5.92 Å². The van der Waals surface area contributed by atoms with Gasteiger partial charge in [0.25, 0.3) is 0 Å². The van der Waals surface area contributed by atoms with Crippen LogP contribution in [0.4, 0.5) is 0 Å². The number of nitrogens with one attached hydrogen (secondary N) is 1. The van der Waals surface area contributed by atoms with Crippen molar-refractivity contribution in [3.8, 4) is 0 Å². The molecular weight excluding hydrogens is 198 g/mol. The van der Waals surface area contributed by atoms with E-state index in [1.165, 1.54) is 25.0 Å². The summed E-state index contributed by atoms with van der Waals surface area (Å²) in [5.74, 6) is 1.45. The lowest BCUT2D eigenvalue weighted by Crippen LogP contribution is -2.30. The first-order chi connectivity index (χ1) is 7.66. The second-order valence-corrected chi connectivity index (χ2v) is 5.27. The quantitative estimate of drug-likeness (QED) is 0.845. The van der Waals surface area contributed by atoms with Gasteiger partial charge in [-0.3, -0.25) is 4.68 Å². The summed E-state index contributed by atoms with van der Waals surface area (Å²) in [5.41, 5.74) is 1.29. The van der Waals surface area contributed by atoms with Gasteiger partial charge in [0, 0.05) is 25.2 Å². The van der Waals surface area contributed by atoms with Crippen LogP contribution in [-0.2, 0) is 7.05 Å². The molecule has 0 bridgehead atoms. The molecule has 1 fully saturated rings. The first-order valence-electron chi connectivity index (χ1n) is 6.39. The number of nitrogens with zero attached hydrogens (tertiary/aromatic N) is 2. The Labute approximate surface area is 98.2 Å². The molecule has 0 aromatic carbocycles. The maximum Gasteiger partial charge on any atom is 0.0658 e. The van der Waals surface area contributed by atoms with Crippen LogP contribution in [0.1, 0.15) is 44.7 Å². The van der Waals surface area contributed by atoms with Gasteiger partial charge in [-0.25, -0.2) is 0 Å². The lowest BCUT2D eigenvalue weighted by Gasteiger charge is -2.19. The zero-order chi connectivity index (χ0) is 11.5. The van der Waals surface area contributed by atoms with Crippen LogP contribution in [-0.4, -0.2) is 22.4 Å². The number of aryl methyl sites for hydroxylation is 1. The molecule has 16 heavy (non-hydrogen) atoms. The maximum atomic E-state index is 4.56. The first-order valence-corrected chi connectivity index (χ1v) is 6.39. The fraction of sp³-hybridized carbons (Fsp3) is 0.769. The molecule has 0 saturated heterocycles. The SMILES string of the molecule is CC(C)NCC1CCCC1c1ccn(C)n1. The Hall–Kier alpha value is -0.830. The summed E-state index contributed by atoms with van der Waals surface area (Å²) < 4.78 is 1.92. The lowest BCUT2D eigenvalue weighted by molar-refractivity contribution is 0.416. The van der Waals surface area contributed by atoms with Crippen molar-refractivity contribution in [2.75, 3.05) is 6.54 Å². The van der Waals surface area contributed by atoms with Crippen molar-refractivity contribution < 1.29 is 0 Å². The Morgan fingerprint density at radius 2 is 2.31 bits per heavy atom. The van der Waals surface area contributed by atoms with E-state index in [9.17, 15) is 0 Å². The standard InChI is InChI=1S/C13H23N3/c1-10(2)14-9-11-5-4-6-12(11)13-7-8-16(3)15-13/h7-8,10-12,14H,4-6,9H2,1-3H3. The van der Waals surface area contributed by atoms with Crippen LogP contribution >= 0.6 is 0 Å². The normalized spacial score (nSPS) is 25.5. The molecule has 1 saturated carbocycles. The first kappa shape index (κ1) is 11.6. The van der Waals surface area contributed by atoms with Gasteiger partial charge < -0.3 is 5.32 Å². The predicted octanol–water partition coefficient (Wildman–Crippen LogP) is 2.30. The van der Waals surface area contributed by atoms with E-state index in [1.54, 1.807) is 0 Å². The minimum absolute atomic E-state index is 0.588. The molecule has 0 amide bonds. The fourth-order valence-electron chi connectivity index (χ4n) is 2.69. The van der Waals surface area contributed by atoms with Crippen molar-refractivity contribution >= 4 is 0 Å². The molecule has 2 rings (SSSR count). The highest BCUT2D eigenvalue weighted by atomic mass is 15.2. The van der Waals surface area contributed by atoms with Crippen molar-refractivity contribution in [1.29, 1.82) is 0 Å². The van der Waals surface area contributed by atoms with Crippen LogP contribution in [0.2, 0.25) is 0 Å². The van der Waals surface area contributed by atoms with Crippen molar-refractivity contribution in [3.63, 3.8) is 0 Å². The Balaban J connectivity index is 1.98. The molecular formula is C13H23N3. The van der Waals surface area contributed by atoms with Gasteiger partial charge in [-0.2, -0.15) is 5.10 Å². The van der Waals surface area contributed by atoms with Gasteiger partial charge in [-0.15, -0.1) is 0 Å². The van der Waals surface area contributed by atoms with Gasteiger partial charge in [0.15, 0.2) is 0 Å². The molecule has 0 aliphatic heterocycles. The Morgan fingerprint density at radius 3 is 2.94 bits per heavy atom. The molecule has 1 aromatic rings. The van der Waals surface area contributed by atoms with Crippen LogP contribution in [0.3, 0.4) is 0 Å². The van der Waals surface area contributed by atoms with Crippen LogP contribution in [0.25, 0.3) is 0 Å². The molecule has 1 N–H and O–H groups in total. The topological polar surface area (TPSA) is 29.9 Å². The Morgan fingerprint density at radius 1 is 1.50 bits per heavy atom. The fourth-order valence-corrected chi connectivity index (χ4v) is 2.69. The largest absolute Gasteiger partial charge is 0.314 e. The molecule has 3 heteroatoms. The Bertz CT molecular complexity index is 330. The average Bonchev–Trinajstić information content (AvgIpc) is 2.82. The van der Waals surface area contributed by atoms with Crippen molar-refractivity contribution in [2.24, 2.45) is 13.0 Å². The van der Waals surface area contributed by atoms with Gasteiger partial charge in [-0.05, 0) is 31.4 Å². The second-order valence-electron chi connectivity index (χ2n) is 5.27. The van der Waals surface area contributed by atoms with Gasteiger partial charge in [0.05, 0.1) is 5.69 Å². The minimum atomic E-state index is 0.588. The third-order valence-corrected chi connectivity index (χ3v) is 3.56. The van der Waals surface area contributed by atoms with E-state index in [4.69, 9.17) is 0 Å². The molecule has 0 spiro atoms. The minimum Gasteiger partial charge on any atom is -0.314 e. The molecule has 1 aliphatic rings. The zero-order valence-corrected chi connectivity index (χ0v) is 10.6. The van der Waals surface area contributed by atoms with E-state index in [2.05, 4.69) is 36.5 Å². The van der Waals surface area contributed by atoms with E-state index in [0.29, 0.717) is 12.0 Å². The number of hydrogen-bond donors (Lipinski definition) is 1. The average molecular weight is 221 g/mol. The smallest absolute Gasteiger partial charge is 0.0658 e. The summed E-state index contributed by atoms with van der Waals surface area (Å²) in [5, 5.41) is 8.12. The molecule has 0 radical (unpaired) electrons. The molecule has 1 heterocycles. The van der Waals surface area contributed by atoms with Crippen molar-refractivity contribution in [3.05, 3.63) is 18.0 Å². The van der Waals surface area contributed by atoms with Gasteiger partial charge >= 0.3 is 0 Å². The van der Waals surface area contributed by atoms with E-state index < -0.39 is 0 Å². The molecule has 3 nitrogen and oxygen atoms in total. The summed E-state index contributed by atoms with van der Waals surface area (Å²) in [4.78, 5) is 0. The van der Waals surface area contributed by atoms with E-state index in [1.807, 2.05) is 11.7 Å². The zero-order valence-electron chi connectivity index (χ0n) is 10.6. The highest BCUT2D eigenvalue weighted by Crippen LogP contribution is 2.38. The lowest BCUT2D eigenvalue weighted by atomic mass is 9.93. The summed E-state index contributed by atoms with van der Waals surface area (Å²) in [7, 11) is 2.00.